The molecular weight excluding hydrogens is 272 g/mol. The SMILES string of the molecule is CCOC(CC)COc1c2ccccc2[c]c2ccccc12. The third-order valence-corrected chi connectivity index (χ3v) is 3.88. The molecule has 0 spiro atoms. The highest BCUT2D eigenvalue weighted by atomic mass is 16.5. The highest BCUT2D eigenvalue weighted by Gasteiger charge is 2.12. The van der Waals surface area contributed by atoms with E-state index in [0.29, 0.717) is 13.2 Å². The third kappa shape index (κ3) is 2.93. The lowest BCUT2D eigenvalue weighted by Crippen LogP contribution is -2.21. The Balaban J connectivity index is 2.04. The summed E-state index contributed by atoms with van der Waals surface area (Å²) in [6.45, 7) is 5.43. The molecule has 3 aromatic rings. The smallest absolute Gasteiger partial charge is 0.135 e. The summed E-state index contributed by atoms with van der Waals surface area (Å²) in [5.74, 6) is 0.933. The summed E-state index contributed by atoms with van der Waals surface area (Å²) in [5.41, 5.74) is 0. The number of ether oxygens (including phenoxy) is 2. The Hall–Kier alpha value is -2.06. The minimum atomic E-state index is 0.131. The van der Waals surface area contributed by atoms with Gasteiger partial charge in [0.25, 0.3) is 0 Å². The van der Waals surface area contributed by atoms with E-state index in [1.807, 2.05) is 31.2 Å². The monoisotopic (exact) mass is 293 g/mol. The van der Waals surface area contributed by atoms with E-state index in [0.717, 1.165) is 33.7 Å². The molecule has 0 aliphatic rings. The normalized spacial score (nSPS) is 12.6. The van der Waals surface area contributed by atoms with Crippen molar-refractivity contribution in [3.63, 3.8) is 0 Å². The molecule has 0 heterocycles. The Bertz CT molecular complexity index is 710. The van der Waals surface area contributed by atoms with Gasteiger partial charge in [0.05, 0.1) is 6.10 Å². The molecule has 0 N–H and O–H groups in total. The number of hydrogen-bond donors (Lipinski definition) is 0. The molecule has 0 saturated heterocycles. The summed E-state index contributed by atoms with van der Waals surface area (Å²) in [5, 5.41) is 4.38. The molecule has 1 unspecified atom stereocenters. The second kappa shape index (κ2) is 6.80. The van der Waals surface area contributed by atoms with Crippen LogP contribution in [-0.4, -0.2) is 19.3 Å². The maximum absolute atomic E-state index is 6.19. The van der Waals surface area contributed by atoms with Crippen molar-refractivity contribution in [2.24, 2.45) is 0 Å². The maximum atomic E-state index is 6.19. The van der Waals surface area contributed by atoms with E-state index in [2.05, 4.69) is 37.3 Å². The summed E-state index contributed by atoms with van der Waals surface area (Å²) in [6.07, 6.45) is 1.08. The van der Waals surface area contributed by atoms with Gasteiger partial charge in [0.1, 0.15) is 12.4 Å². The molecule has 3 aromatic carbocycles. The maximum Gasteiger partial charge on any atom is 0.135 e. The van der Waals surface area contributed by atoms with Crippen LogP contribution >= 0.6 is 0 Å². The summed E-state index contributed by atoms with van der Waals surface area (Å²) in [4.78, 5) is 0. The molecular formula is C20H21O2. The van der Waals surface area contributed by atoms with E-state index in [4.69, 9.17) is 9.47 Å². The Morgan fingerprint density at radius 1 is 0.909 bits per heavy atom. The molecule has 1 atom stereocenters. The highest BCUT2D eigenvalue weighted by molar-refractivity contribution is 6.04. The molecule has 3 rings (SSSR count). The topological polar surface area (TPSA) is 18.5 Å². The van der Waals surface area contributed by atoms with Gasteiger partial charge in [0, 0.05) is 17.4 Å². The van der Waals surface area contributed by atoms with Crippen LogP contribution in [0.5, 0.6) is 5.75 Å². The first-order valence-corrected chi connectivity index (χ1v) is 7.90. The molecule has 0 aliphatic heterocycles. The minimum absolute atomic E-state index is 0.131. The lowest BCUT2D eigenvalue weighted by Gasteiger charge is -2.18. The molecule has 0 aliphatic carbocycles. The van der Waals surface area contributed by atoms with Crippen molar-refractivity contribution in [1.82, 2.24) is 0 Å². The Labute approximate surface area is 131 Å². The zero-order valence-corrected chi connectivity index (χ0v) is 13.1. The fourth-order valence-electron chi connectivity index (χ4n) is 2.72. The van der Waals surface area contributed by atoms with Crippen LogP contribution in [-0.2, 0) is 4.74 Å². The highest BCUT2D eigenvalue weighted by Crippen LogP contribution is 2.34. The standard InChI is InChI=1S/C20H21O2/c1-3-17(21-4-2)14-22-20-18-11-7-5-9-15(18)13-16-10-6-8-12-19(16)20/h5-12,17H,3-4,14H2,1-2H3. The first kappa shape index (κ1) is 14.9. The summed E-state index contributed by atoms with van der Waals surface area (Å²) in [7, 11) is 0. The van der Waals surface area contributed by atoms with Gasteiger partial charge in [-0.25, -0.2) is 0 Å². The third-order valence-electron chi connectivity index (χ3n) is 3.88. The van der Waals surface area contributed by atoms with Crippen LogP contribution in [0.4, 0.5) is 0 Å². The van der Waals surface area contributed by atoms with Crippen LogP contribution in [0, 0.1) is 6.07 Å². The van der Waals surface area contributed by atoms with Crippen molar-refractivity contribution in [3.8, 4) is 5.75 Å². The van der Waals surface area contributed by atoms with Crippen molar-refractivity contribution in [2.45, 2.75) is 26.4 Å². The van der Waals surface area contributed by atoms with Gasteiger partial charge in [-0.05, 0) is 30.2 Å². The zero-order valence-electron chi connectivity index (χ0n) is 13.1. The lowest BCUT2D eigenvalue weighted by molar-refractivity contribution is 0.0263. The van der Waals surface area contributed by atoms with Crippen molar-refractivity contribution >= 4 is 21.5 Å². The largest absolute Gasteiger partial charge is 0.490 e. The van der Waals surface area contributed by atoms with E-state index in [-0.39, 0.29) is 6.10 Å². The van der Waals surface area contributed by atoms with Crippen LogP contribution in [0.25, 0.3) is 21.5 Å². The lowest BCUT2D eigenvalue weighted by atomic mass is 10.0. The first-order valence-electron chi connectivity index (χ1n) is 7.90. The fourth-order valence-corrected chi connectivity index (χ4v) is 2.72. The van der Waals surface area contributed by atoms with Gasteiger partial charge in [-0.15, -0.1) is 0 Å². The van der Waals surface area contributed by atoms with Crippen LogP contribution in [0.1, 0.15) is 20.3 Å². The minimum Gasteiger partial charge on any atom is -0.490 e. The molecule has 1 radical (unpaired) electrons. The van der Waals surface area contributed by atoms with Crippen molar-refractivity contribution in [1.29, 1.82) is 0 Å². The first-order chi connectivity index (χ1) is 10.8. The molecule has 0 bridgehead atoms. The zero-order chi connectivity index (χ0) is 15.4. The van der Waals surface area contributed by atoms with Gasteiger partial charge in [0.2, 0.25) is 0 Å². The van der Waals surface area contributed by atoms with E-state index in [1.54, 1.807) is 0 Å². The van der Waals surface area contributed by atoms with Crippen molar-refractivity contribution in [3.05, 3.63) is 54.6 Å². The molecule has 0 amide bonds. The summed E-state index contributed by atoms with van der Waals surface area (Å²) in [6, 6.07) is 20.0. The molecule has 0 fully saturated rings. The van der Waals surface area contributed by atoms with Gasteiger partial charge in [-0.1, -0.05) is 55.5 Å². The van der Waals surface area contributed by atoms with Gasteiger partial charge >= 0.3 is 0 Å². The second-order valence-electron chi connectivity index (χ2n) is 5.34. The van der Waals surface area contributed by atoms with E-state index < -0.39 is 0 Å². The Morgan fingerprint density at radius 3 is 2.05 bits per heavy atom. The molecule has 22 heavy (non-hydrogen) atoms. The molecule has 2 heteroatoms. The molecule has 0 saturated carbocycles. The van der Waals surface area contributed by atoms with Crippen LogP contribution < -0.4 is 4.74 Å². The number of benzene rings is 3. The Morgan fingerprint density at radius 2 is 1.50 bits per heavy atom. The molecule has 2 nitrogen and oxygen atoms in total. The quantitative estimate of drug-likeness (QED) is 0.596. The second-order valence-corrected chi connectivity index (χ2v) is 5.34. The van der Waals surface area contributed by atoms with Gasteiger partial charge in [-0.2, -0.15) is 0 Å². The van der Waals surface area contributed by atoms with Crippen molar-refractivity contribution in [2.75, 3.05) is 13.2 Å². The Kier molecular flexibility index (Phi) is 4.59. The average Bonchev–Trinajstić information content (AvgIpc) is 2.57. The molecule has 0 aromatic heterocycles. The van der Waals surface area contributed by atoms with Crippen LogP contribution in [0.15, 0.2) is 48.5 Å². The van der Waals surface area contributed by atoms with Gasteiger partial charge in [0.15, 0.2) is 0 Å². The molecule has 113 valence electrons. The predicted octanol–water partition coefficient (Wildman–Crippen LogP) is 4.99. The van der Waals surface area contributed by atoms with Crippen molar-refractivity contribution < 1.29 is 9.47 Å². The van der Waals surface area contributed by atoms with Crippen LogP contribution in [0.3, 0.4) is 0 Å². The fraction of sp³-hybridized carbons (Fsp3) is 0.300. The van der Waals surface area contributed by atoms with E-state index in [9.17, 15) is 0 Å². The van der Waals surface area contributed by atoms with E-state index >= 15 is 0 Å². The average molecular weight is 293 g/mol. The summed E-state index contributed by atoms with van der Waals surface area (Å²) >= 11 is 0. The van der Waals surface area contributed by atoms with Gasteiger partial charge in [-0.3, -0.25) is 0 Å². The predicted molar refractivity (Wildman–Crippen MR) is 91.5 cm³/mol. The summed E-state index contributed by atoms with van der Waals surface area (Å²) < 4.78 is 11.9. The van der Waals surface area contributed by atoms with E-state index in [1.165, 1.54) is 0 Å². The number of fused-ring (bicyclic) bond motifs is 2. The van der Waals surface area contributed by atoms with Crippen LogP contribution in [0.2, 0.25) is 0 Å². The number of hydrogen-bond acceptors (Lipinski definition) is 2. The van der Waals surface area contributed by atoms with Gasteiger partial charge < -0.3 is 9.47 Å². The number of rotatable bonds is 6.